The number of carbonyl (C=O) groups excluding carboxylic acids is 1. The summed E-state index contributed by atoms with van der Waals surface area (Å²) in [6.07, 6.45) is 1.83. The van der Waals surface area contributed by atoms with Crippen LogP contribution in [0, 0.1) is 6.92 Å². The zero-order chi connectivity index (χ0) is 18.7. The zero-order valence-corrected chi connectivity index (χ0v) is 15.5. The van der Waals surface area contributed by atoms with Crippen molar-refractivity contribution in [2.24, 2.45) is 0 Å². The van der Waals surface area contributed by atoms with Crippen LogP contribution in [0.15, 0.2) is 29.8 Å². The van der Waals surface area contributed by atoms with Crippen LogP contribution >= 0.6 is 0 Å². The van der Waals surface area contributed by atoms with E-state index in [9.17, 15) is 4.79 Å². The van der Waals surface area contributed by atoms with Crippen LogP contribution < -0.4 is 14.8 Å². The number of amides is 1. The van der Waals surface area contributed by atoms with Crippen molar-refractivity contribution >= 4 is 17.8 Å². The standard InChI is InChI=1S/C20H23N3O3/c1-5-25-16-6-7-17-14(10-16)9-15(11-26-17)20(24)23-18-8-13(4)21-19(22-18)12(2)3/h6-10,12H,5,11H2,1-4H3,(H,21,22,23,24). The van der Waals surface area contributed by atoms with E-state index < -0.39 is 0 Å². The third kappa shape index (κ3) is 4.02. The maximum absolute atomic E-state index is 12.6. The molecule has 3 rings (SSSR count). The molecule has 1 aromatic carbocycles. The van der Waals surface area contributed by atoms with E-state index in [1.54, 1.807) is 6.07 Å². The second-order valence-electron chi connectivity index (χ2n) is 6.45. The van der Waals surface area contributed by atoms with Crippen LogP contribution in [0.4, 0.5) is 5.82 Å². The van der Waals surface area contributed by atoms with E-state index in [2.05, 4.69) is 15.3 Å². The van der Waals surface area contributed by atoms with Crippen molar-refractivity contribution in [3.05, 3.63) is 46.9 Å². The maximum Gasteiger partial charge on any atom is 0.256 e. The largest absolute Gasteiger partial charge is 0.494 e. The van der Waals surface area contributed by atoms with Gasteiger partial charge in [-0.25, -0.2) is 9.97 Å². The predicted molar refractivity (Wildman–Crippen MR) is 101 cm³/mol. The van der Waals surface area contributed by atoms with Gasteiger partial charge in [0.1, 0.15) is 29.7 Å². The van der Waals surface area contributed by atoms with Crippen molar-refractivity contribution in [3.63, 3.8) is 0 Å². The number of fused-ring (bicyclic) bond motifs is 1. The molecule has 0 saturated heterocycles. The number of aromatic nitrogens is 2. The van der Waals surface area contributed by atoms with Crippen LogP contribution in [0.1, 0.15) is 43.8 Å². The molecule has 1 aliphatic rings. The summed E-state index contributed by atoms with van der Waals surface area (Å²) in [6, 6.07) is 7.35. The lowest BCUT2D eigenvalue weighted by Crippen LogP contribution is -2.22. The Balaban J connectivity index is 1.81. The molecule has 6 nitrogen and oxygen atoms in total. The number of hydrogen-bond acceptors (Lipinski definition) is 5. The first-order chi connectivity index (χ1) is 12.5. The van der Waals surface area contributed by atoms with Crippen LogP contribution in [-0.4, -0.2) is 29.1 Å². The average molecular weight is 353 g/mol. The minimum Gasteiger partial charge on any atom is -0.494 e. The van der Waals surface area contributed by atoms with Crippen molar-refractivity contribution in [1.29, 1.82) is 0 Å². The minimum absolute atomic E-state index is 0.187. The molecule has 2 heterocycles. The Morgan fingerprint density at radius 3 is 2.85 bits per heavy atom. The summed E-state index contributed by atoms with van der Waals surface area (Å²) in [5.74, 6) is 2.66. The van der Waals surface area contributed by atoms with Crippen LogP contribution in [0.2, 0.25) is 0 Å². The lowest BCUT2D eigenvalue weighted by Gasteiger charge is -2.18. The Morgan fingerprint density at radius 2 is 2.12 bits per heavy atom. The maximum atomic E-state index is 12.6. The molecule has 6 heteroatoms. The predicted octanol–water partition coefficient (Wildman–Crippen LogP) is 3.72. The smallest absolute Gasteiger partial charge is 0.256 e. The molecule has 0 bridgehead atoms. The number of ether oxygens (including phenoxy) is 2. The zero-order valence-electron chi connectivity index (χ0n) is 15.5. The van der Waals surface area contributed by atoms with Crippen LogP contribution in [0.25, 0.3) is 6.08 Å². The topological polar surface area (TPSA) is 73.3 Å². The van der Waals surface area contributed by atoms with E-state index in [0.29, 0.717) is 23.8 Å². The Labute approximate surface area is 153 Å². The lowest BCUT2D eigenvalue weighted by atomic mass is 10.1. The first kappa shape index (κ1) is 17.9. The van der Waals surface area contributed by atoms with Gasteiger partial charge in [0.15, 0.2) is 0 Å². The molecule has 136 valence electrons. The van der Waals surface area contributed by atoms with E-state index >= 15 is 0 Å². The fraction of sp³-hybridized carbons (Fsp3) is 0.350. The van der Waals surface area contributed by atoms with Crippen LogP contribution in [0.3, 0.4) is 0 Å². The third-order valence-electron chi connectivity index (χ3n) is 3.93. The number of nitrogens with zero attached hydrogens (tertiary/aromatic N) is 2. The van der Waals surface area contributed by atoms with Gasteiger partial charge in [-0.1, -0.05) is 13.8 Å². The van der Waals surface area contributed by atoms with Gasteiger partial charge in [0.05, 0.1) is 12.2 Å². The van der Waals surface area contributed by atoms with Crippen molar-refractivity contribution in [1.82, 2.24) is 9.97 Å². The van der Waals surface area contributed by atoms with E-state index in [1.807, 2.05) is 52.0 Å². The highest BCUT2D eigenvalue weighted by molar-refractivity contribution is 6.07. The highest BCUT2D eigenvalue weighted by atomic mass is 16.5. The van der Waals surface area contributed by atoms with Gasteiger partial charge in [-0.3, -0.25) is 4.79 Å². The molecule has 0 radical (unpaired) electrons. The van der Waals surface area contributed by atoms with Crippen molar-refractivity contribution in [2.45, 2.75) is 33.6 Å². The van der Waals surface area contributed by atoms with Gasteiger partial charge < -0.3 is 14.8 Å². The summed E-state index contributed by atoms with van der Waals surface area (Å²) >= 11 is 0. The molecule has 1 aliphatic heterocycles. The number of carbonyl (C=O) groups is 1. The fourth-order valence-electron chi connectivity index (χ4n) is 2.65. The molecule has 0 aliphatic carbocycles. The SMILES string of the molecule is CCOc1ccc2c(c1)C=C(C(=O)Nc1cc(C)nc(C(C)C)n1)CO2. The number of anilines is 1. The molecule has 0 spiro atoms. The highest BCUT2D eigenvalue weighted by Gasteiger charge is 2.19. The molecule has 1 aromatic heterocycles. The fourth-order valence-corrected chi connectivity index (χ4v) is 2.65. The van der Waals surface area contributed by atoms with Gasteiger partial charge in [-0.15, -0.1) is 0 Å². The number of aryl methyl sites for hydroxylation is 1. The minimum atomic E-state index is -0.231. The van der Waals surface area contributed by atoms with E-state index in [0.717, 1.165) is 22.8 Å². The van der Waals surface area contributed by atoms with E-state index in [4.69, 9.17) is 9.47 Å². The highest BCUT2D eigenvalue weighted by Crippen LogP contribution is 2.30. The Hall–Kier alpha value is -2.89. The number of nitrogens with one attached hydrogen (secondary N) is 1. The number of hydrogen-bond donors (Lipinski definition) is 1. The normalized spacial score (nSPS) is 12.9. The second-order valence-corrected chi connectivity index (χ2v) is 6.45. The molecule has 26 heavy (non-hydrogen) atoms. The summed E-state index contributed by atoms with van der Waals surface area (Å²) in [6.45, 7) is 8.66. The molecule has 1 N–H and O–H groups in total. The van der Waals surface area contributed by atoms with Gasteiger partial charge in [0, 0.05) is 23.2 Å². The lowest BCUT2D eigenvalue weighted by molar-refractivity contribution is -0.113. The quantitative estimate of drug-likeness (QED) is 0.887. The van der Waals surface area contributed by atoms with Gasteiger partial charge in [0.2, 0.25) is 0 Å². The van der Waals surface area contributed by atoms with Gasteiger partial charge >= 0.3 is 0 Å². The first-order valence-corrected chi connectivity index (χ1v) is 8.73. The Bertz CT molecular complexity index is 859. The third-order valence-corrected chi connectivity index (χ3v) is 3.93. The Kier molecular flexibility index (Phi) is 5.21. The first-order valence-electron chi connectivity index (χ1n) is 8.73. The van der Waals surface area contributed by atoms with E-state index in [-0.39, 0.29) is 18.4 Å². The molecular formula is C20H23N3O3. The summed E-state index contributed by atoms with van der Waals surface area (Å²) < 4.78 is 11.2. The van der Waals surface area contributed by atoms with Crippen molar-refractivity contribution in [3.8, 4) is 11.5 Å². The summed E-state index contributed by atoms with van der Waals surface area (Å²) in [5.41, 5.74) is 2.18. The van der Waals surface area contributed by atoms with Gasteiger partial charge in [-0.2, -0.15) is 0 Å². The second kappa shape index (κ2) is 7.56. The number of benzene rings is 1. The van der Waals surface area contributed by atoms with E-state index in [1.165, 1.54) is 0 Å². The van der Waals surface area contributed by atoms with Crippen molar-refractivity contribution in [2.75, 3.05) is 18.5 Å². The Morgan fingerprint density at radius 1 is 1.31 bits per heavy atom. The molecule has 0 unspecified atom stereocenters. The van der Waals surface area contributed by atoms with Crippen molar-refractivity contribution < 1.29 is 14.3 Å². The summed E-state index contributed by atoms with van der Waals surface area (Å²) in [5, 5.41) is 2.85. The molecular weight excluding hydrogens is 330 g/mol. The number of rotatable bonds is 5. The molecule has 0 fully saturated rings. The van der Waals surface area contributed by atoms with Gasteiger partial charge in [0.25, 0.3) is 5.91 Å². The summed E-state index contributed by atoms with van der Waals surface area (Å²) in [7, 11) is 0. The molecule has 1 amide bonds. The molecule has 0 saturated carbocycles. The molecule has 2 aromatic rings. The van der Waals surface area contributed by atoms with Gasteiger partial charge in [-0.05, 0) is 38.1 Å². The molecule has 0 atom stereocenters. The van der Waals surface area contributed by atoms with Crippen LogP contribution in [0.5, 0.6) is 11.5 Å². The summed E-state index contributed by atoms with van der Waals surface area (Å²) in [4.78, 5) is 21.4. The average Bonchev–Trinajstić information content (AvgIpc) is 2.60. The van der Waals surface area contributed by atoms with Crippen LogP contribution in [-0.2, 0) is 4.79 Å². The monoisotopic (exact) mass is 353 g/mol.